The van der Waals surface area contributed by atoms with E-state index in [-0.39, 0.29) is 0 Å². The van der Waals surface area contributed by atoms with Crippen molar-refractivity contribution in [1.82, 2.24) is 0 Å². The fourth-order valence-corrected chi connectivity index (χ4v) is 1.58. The standard InChI is InChI=1S/C10H11Br/c1-7(2)9-6-4-5-8(3)10(9)11/h4-6H,1H2,2-3H3. The van der Waals surface area contributed by atoms with E-state index >= 15 is 0 Å². The first kappa shape index (κ1) is 8.54. The summed E-state index contributed by atoms with van der Waals surface area (Å²) in [5, 5.41) is 0. The van der Waals surface area contributed by atoms with Crippen molar-refractivity contribution in [2.24, 2.45) is 0 Å². The van der Waals surface area contributed by atoms with E-state index in [1.54, 1.807) is 0 Å². The fraction of sp³-hybridized carbons (Fsp3) is 0.200. The Hall–Kier alpha value is -0.560. The molecule has 0 aliphatic carbocycles. The molecule has 11 heavy (non-hydrogen) atoms. The molecule has 0 atom stereocenters. The van der Waals surface area contributed by atoms with E-state index in [1.165, 1.54) is 11.1 Å². The molecule has 58 valence electrons. The van der Waals surface area contributed by atoms with Gasteiger partial charge in [0.1, 0.15) is 0 Å². The van der Waals surface area contributed by atoms with Gasteiger partial charge in [0.15, 0.2) is 0 Å². The lowest BCUT2D eigenvalue weighted by Gasteiger charge is -2.04. The average Bonchev–Trinajstić information content (AvgIpc) is 1.94. The summed E-state index contributed by atoms with van der Waals surface area (Å²) < 4.78 is 1.16. The van der Waals surface area contributed by atoms with Crippen molar-refractivity contribution in [2.75, 3.05) is 0 Å². The first-order chi connectivity index (χ1) is 5.13. The predicted molar refractivity (Wildman–Crippen MR) is 53.6 cm³/mol. The maximum Gasteiger partial charge on any atom is 0.0279 e. The molecule has 0 unspecified atom stereocenters. The predicted octanol–water partition coefficient (Wildman–Crippen LogP) is 3.79. The van der Waals surface area contributed by atoms with E-state index in [2.05, 4.69) is 41.6 Å². The van der Waals surface area contributed by atoms with Crippen LogP contribution in [0, 0.1) is 6.92 Å². The van der Waals surface area contributed by atoms with Crippen molar-refractivity contribution >= 4 is 21.5 Å². The van der Waals surface area contributed by atoms with Gasteiger partial charge < -0.3 is 0 Å². The zero-order valence-electron chi connectivity index (χ0n) is 6.82. The molecule has 0 aliphatic heterocycles. The van der Waals surface area contributed by atoms with Crippen molar-refractivity contribution in [1.29, 1.82) is 0 Å². The number of benzene rings is 1. The smallest absolute Gasteiger partial charge is 0.0279 e. The largest absolute Gasteiger partial charge is 0.0955 e. The molecule has 1 aromatic rings. The molecule has 0 aromatic heterocycles. The zero-order chi connectivity index (χ0) is 8.43. The summed E-state index contributed by atoms with van der Waals surface area (Å²) in [7, 11) is 0. The van der Waals surface area contributed by atoms with Crippen LogP contribution < -0.4 is 0 Å². The van der Waals surface area contributed by atoms with Crippen LogP contribution >= 0.6 is 15.9 Å². The summed E-state index contributed by atoms with van der Waals surface area (Å²) in [6.45, 7) is 7.99. The van der Waals surface area contributed by atoms with Gasteiger partial charge in [0.05, 0.1) is 0 Å². The second kappa shape index (κ2) is 3.22. The number of hydrogen-bond donors (Lipinski definition) is 0. The highest BCUT2D eigenvalue weighted by atomic mass is 79.9. The molecule has 0 saturated carbocycles. The normalized spacial score (nSPS) is 9.73. The second-order valence-electron chi connectivity index (χ2n) is 2.72. The van der Waals surface area contributed by atoms with E-state index in [9.17, 15) is 0 Å². The van der Waals surface area contributed by atoms with Crippen LogP contribution in [0.2, 0.25) is 0 Å². The second-order valence-corrected chi connectivity index (χ2v) is 3.51. The van der Waals surface area contributed by atoms with E-state index in [4.69, 9.17) is 0 Å². The molecule has 0 aliphatic rings. The highest BCUT2D eigenvalue weighted by molar-refractivity contribution is 9.10. The first-order valence-corrected chi connectivity index (χ1v) is 4.33. The van der Waals surface area contributed by atoms with Crippen LogP contribution in [0.1, 0.15) is 18.1 Å². The van der Waals surface area contributed by atoms with Gasteiger partial charge in [-0.3, -0.25) is 0 Å². The van der Waals surface area contributed by atoms with Gasteiger partial charge in [0.25, 0.3) is 0 Å². The molecule has 1 heteroatoms. The minimum atomic E-state index is 1.10. The summed E-state index contributed by atoms with van der Waals surface area (Å²) in [4.78, 5) is 0. The average molecular weight is 211 g/mol. The van der Waals surface area contributed by atoms with Gasteiger partial charge in [-0.2, -0.15) is 0 Å². The van der Waals surface area contributed by atoms with Crippen LogP contribution in [0.5, 0.6) is 0 Å². The van der Waals surface area contributed by atoms with Crippen molar-refractivity contribution in [3.05, 3.63) is 40.4 Å². The maximum atomic E-state index is 3.90. The Bertz CT molecular complexity index is 287. The summed E-state index contributed by atoms with van der Waals surface area (Å²) in [5.74, 6) is 0. The van der Waals surface area contributed by atoms with Gasteiger partial charge in [-0.05, 0) is 46.5 Å². The van der Waals surface area contributed by atoms with Gasteiger partial charge in [-0.15, -0.1) is 0 Å². The molecule has 0 fully saturated rings. The lowest BCUT2D eigenvalue weighted by atomic mass is 10.1. The van der Waals surface area contributed by atoms with Gasteiger partial charge in [0, 0.05) is 4.47 Å². The minimum absolute atomic E-state index is 1.10. The third-order valence-corrected chi connectivity index (χ3v) is 2.70. The topological polar surface area (TPSA) is 0 Å². The Balaban J connectivity index is 3.27. The van der Waals surface area contributed by atoms with Crippen LogP contribution in [0.4, 0.5) is 0 Å². The Labute approximate surface area is 76.1 Å². The monoisotopic (exact) mass is 210 g/mol. The summed E-state index contributed by atoms with van der Waals surface area (Å²) in [6.07, 6.45) is 0. The summed E-state index contributed by atoms with van der Waals surface area (Å²) in [6, 6.07) is 6.19. The molecule has 0 heterocycles. The van der Waals surface area contributed by atoms with Gasteiger partial charge >= 0.3 is 0 Å². The lowest BCUT2D eigenvalue weighted by Crippen LogP contribution is -1.83. The number of allylic oxidation sites excluding steroid dienone is 1. The lowest BCUT2D eigenvalue weighted by molar-refractivity contribution is 1.40. The molecule has 1 rings (SSSR count). The van der Waals surface area contributed by atoms with E-state index in [1.807, 2.05) is 13.0 Å². The molecular formula is C10H11Br. The third kappa shape index (κ3) is 1.72. The zero-order valence-corrected chi connectivity index (χ0v) is 8.40. The van der Waals surface area contributed by atoms with Crippen LogP contribution in [0.3, 0.4) is 0 Å². The Morgan fingerprint density at radius 3 is 2.55 bits per heavy atom. The number of hydrogen-bond acceptors (Lipinski definition) is 0. The van der Waals surface area contributed by atoms with Gasteiger partial charge in [-0.25, -0.2) is 0 Å². The number of aryl methyl sites for hydroxylation is 1. The molecule has 0 amide bonds. The Morgan fingerprint density at radius 1 is 1.45 bits per heavy atom. The summed E-state index contributed by atoms with van der Waals surface area (Å²) in [5.41, 5.74) is 3.55. The van der Waals surface area contributed by atoms with Crippen LogP contribution in [-0.2, 0) is 0 Å². The molecule has 0 spiro atoms. The number of rotatable bonds is 1. The van der Waals surface area contributed by atoms with E-state index in [0.29, 0.717) is 0 Å². The SMILES string of the molecule is C=C(C)c1cccc(C)c1Br. The molecular weight excluding hydrogens is 200 g/mol. The molecule has 0 N–H and O–H groups in total. The highest BCUT2D eigenvalue weighted by Crippen LogP contribution is 2.25. The summed E-state index contributed by atoms with van der Waals surface area (Å²) >= 11 is 3.52. The van der Waals surface area contributed by atoms with Crippen molar-refractivity contribution < 1.29 is 0 Å². The minimum Gasteiger partial charge on any atom is -0.0955 e. The Kier molecular flexibility index (Phi) is 2.50. The van der Waals surface area contributed by atoms with Crippen LogP contribution in [0.15, 0.2) is 29.3 Å². The van der Waals surface area contributed by atoms with Crippen molar-refractivity contribution in [3.63, 3.8) is 0 Å². The molecule has 0 saturated heterocycles. The molecule has 0 radical (unpaired) electrons. The fourth-order valence-electron chi connectivity index (χ4n) is 0.977. The third-order valence-electron chi connectivity index (χ3n) is 1.65. The molecule has 0 bridgehead atoms. The highest BCUT2D eigenvalue weighted by Gasteiger charge is 2.00. The van der Waals surface area contributed by atoms with Gasteiger partial charge in [0.2, 0.25) is 0 Å². The maximum absolute atomic E-state index is 3.90. The van der Waals surface area contributed by atoms with Crippen molar-refractivity contribution in [3.8, 4) is 0 Å². The van der Waals surface area contributed by atoms with Crippen molar-refractivity contribution in [2.45, 2.75) is 13.8 Å². The van der Waals surface area contributed by atoms with Crippen LogP contribution in [0.25, 0.3) is 5.57 Å². The van der Waals surface area contributed by atoms with Gasteiger partial charge in [-0.1, -0.05) is 24.8 Å². The molecule has 0 nitrogen and oxygen atoms in total. The molecule has 1 aromatic carbocycles. The Morgan fingerprint density at radius 2 is 2.09 bits per heavy atom. The first-order valence-electron chi connectivity index (χ1n) is 3.54. The number of halogens is 1. The quantitative estimate of drug-likeness (QED) is 0.662. The van der Waals surface area contributed by atoms with E-state index < -0.39 is 0 Å². The van der Waals surface area contributed by atoms with E-state index in [0.717, 1.165) is 10.0 Å². The van der Waals surface area contributed by atoms with Crippen LogP contribution in [-0.4, -0.2) is 0 Å².